The van der Waals surface area contributed by atoms with Crippen LogP contribution in [-0.4, -0.2) is 35.8 Å². The van der Waals surface area contributed by atoms with Crippen LogP contribution in [-0.2, 0) is 22.7 Å². The smallest absolute Gasteiger partial charge is 0.224 e. The number of benzene rings is 1. The van der Waals surface area contributed by atoms with Crippen molar-refractivity contribution in [2.45, 2.75) is 45.8 Å². The maximum absolute atomic E-state index is 12.0. The van der Waals surface area contributed by atoms with Crippen molar-refractivity contribution in [1.29, 1.82) is 0 Å². The van der Waals surface area contributed by atoms with Gasteiger partial charge in [-0.15, -0.1) is 0 Å². The lowest BCUT2D eigenvalue weighted by Crippen LogP contribution is -2.40. The Morgan fingerprint density at radius 2 is 2.04 bits per heavy atom. The lowest BCUT2D eigenvalue weighted by Gasteiger charge is -2.31. The molecule has 3 atom stereocenters. The van der Waals surface area contributed by atoms with E-state index in [0.29, 0.717) is 6.54 Å². The van der Waals surface area contributed by atoms with Crippen LogP contribution in [0.2, 0.25) is 0 Å². The summed E-state index contributed by atoms with van der Waals surface area (Å²) in [5.74, 6) is -0.483. The molecule has 6 heteroatoms. The summed E-state index contributed by atoms with van der Waals surface area (Å²) in [5, 5.41) is 2.94. The zero-order chi connectivity index (χ0) is 18.4. The van der Waals surface area contributed by atoms with E-state index in [0.717, 1.165) is 38.0 Å². The number of rotatable bonds is 7. The van der Waals surface area contributed by atoms with Gasteiger partial charge >= 0.3 is 0 Å². The van der Waals surface area contributed by atoms with E-state index in [1.165, 1.54) is 5.56 Å². The largest absolute Gasteiger partial charge is 0.369 e. The highest BCUT2D eigenvalue weighted by molar-refractivity contribution is 5.78. The second kappa shape index (κ2) is 8.97. The molecule has 0 aromatic heterocycles. The summed E-state index contributed by atoms with van der Waals surface area (Å²) in [6.07, 6.45) is 1.88. The Morgan fingerprint density at radius 1 is 1.32 bits per heavy atom. The molecule has 1 aliphatic rings. The number of amides is 2. The van der Waals surface area contributed by atoms with Crippen LogP contribution >= 0.6 is 0 Å². The quantitative estimate of drug-likeness (QED) is 0.685. The Kier molecular flexibility index (Phi) is 6.96. The summed E-state index contributed by atoms with van der Waals surface area (Å²) in [5.41, 5.74) is 13.5. The van der Waals surface area contributed by atoms with Gasteiger partial charge in [-0.2, -0.15) is 0 Å². The molecule has 3 unspecified atom stereocenters. The minimum atomic E-state index is -0.206. The molecule has 1 aliphatic heterocycles. The molecule has 1 aromatic rings. The molecule has 6 nitrogen and oxygen atoms in total. The lowest BCUT2D eigenvalue weighted by atomic mass is 9.97. The first-order valence-electron chi connectivity index (χ1n) is 8.99. The van der Waals surface area contributed by atoms with E-state index in [1.54, 1.807) is 0 Å². The van der Waals surface area contributed by atoms with Crippen molar-refractivity contribution >= 4 is 11.8 Å². The monoisotopic (exact) mass is 346 g/mol. The summed E-state index contributed by atoms with van der Waals surface area (Å²) in [6.45, 7) is 6.67. The molecule has 0 spiro atoms. The summed E-state index contributed by atoms with van der Waals surface area (Å²) in [6, 6.07) is 8.02. The third-order valence-electron chi connectivity index (χ3n) is 4.97. The molecule has 2 rings (SSSR count). The maximum atomic E-state index is 12.0. The Hall–Kier alpha value is -1.92. The molecule has 1 heterocycles. The van der Waals surface area contributed by atoms with E-state index in [4.69, 9.17) is 11.5 Å². The first-order chi connectivity index (χ1) is 11.9. The summed E-state index contributed by atoms with van der Waals surface area (Å²) < 4.78 is 0. The Balaban J connectivity index is 1.90. The summed E-state index contributed by atoms with van der Waals surface area (Å²) in [4.78, 5) is 25.7. The highest BCUT2D eigenvalue weighted by atomic mass is 16.2. The van der Waals surface area contributed by atoms with Gasteiger partial charge in [0, 0.05) is 31.6 Å². The van der Waals surface area contributed by atoms with E-state index < -0.39 is 0 Å². The number of nitrogens with two attached hydrogens (primary N) is 2. The molecule has 0 radical (unpaired) electrons. The van der Waals surface area contributed by atoms with Crippen molar-refractivity contribution in [2.24, 2.45) is 23.3 Å². The van der Waals surface area contributed by atoms with Crippen molar-refractivity contribution in [1.82, 2.24) is 10.2 Å². The standard InChI is InChI=1S/C19H30N4O2/c1-13(14(2)20)19(25)22-10-15-5-3-6-16(9-15)11-23-8-4-7-17(12-23)18(21)24/h3,5-6,9,13-14,17H,4,7-8,10-12,20H2,1-2H3,(H2,21,24)(H,22,25). The van der Waals surface area contributed by atoms with Gasteiger partial charge in [0.05, 0.1) is 5.92 Å². The van der Waals surface area contributed by atoms with Crippen LogP contribution in [0.3, 0.4) is 0 Å². The van der Waals surface area contributed by atoms with Gasteiger partial charge in [-0.3, -0.25) is 14.5 Å². The summed E-state index contributed by atoms with van der Waals surface area (Å²) >= 11 is 0. The van der Waals surface area contributed by atoms with Crippen molar-refractivity contribution in [3.63, 3.8) is 0 Å². The third-order valence-corrected chi connectivity index (χ3v) is 4.97. The van der Waals surface area contributed by atoms with E-state index in [1.807, 2.05) is 26.0 Å². The molecule has 1 fully saturated rings. The molecular weight excluding hydrogens is 316 g/mol. The van der Waals surface area contributed by atoms with Gasteiger partial charge in [-0.1, -0.05) is 31.2 Å². The van der Waals surface area contributed by atoms with Crippen LogP contribution in [0.4, 0.5) is 0 Å². The number of nitrogens with one attached hydrogen (secondary N) is 1. The predicted molar refractivity (Wildman–Crippen MR) is 98.3 cm³/mol. The molecule has 25 heavy (non-hydrogen) atoms. The Bertz CT molecular complexity index is 603. The van der Waals surface area contributed by atoms with Gasteiger partial charge in [0.2, 0.25) is 11.8 Å². The van der Waals surface area contributed by atoms with Crippen molar-refractivity contribution < 1.29 is 9.59 Å². The van der Waals surface area contributed by atoms with Gasteiger partial charge in [0.1, 0.15) is 0 Å². The number of likely N-dealkylation sites (tertiary alicyclic amines) is 1. The van der Waals surface area contributed by atoms with Gasteiger partial charge < -0.3 is 16.8 Å². The van der Waals surface area contributed by atoms with Crippen LogP contribution in [0.1, 0.15) is 37.8 Å². The van der Waals surface area contributed by atoms with E-state index in [2.05, 4.69) is 22.3 Å². The molecule has 0 saturated carbocycles. The van der Waals surface area contributed by atoms with Crippen LogP contribution < -0.4 is 16.8 Å². The average molecular weight is 346 g/mol. The van der Waals surface area contributed by atoms with Gasteiger partial charge in [0.25, 0.3) is 0 Å². The zero-order valence-corrected chi connectivity index (χ0v) is 15.2. The maximum Gasteiger partial charge on any atom is 0.224 e. The summed E-state index contributed by atoms with van der Waals surface area (Å²) in [7, 11) is 0. The van der Waals surface area contributed by atoms with Crippen molar-refractivity contribution in [3.8, 4) is 0 Å². The first-order valence-corrected chi connectivity index (χ1v) is 8.99. The molecule has 138 valence electrons. The minimum absolute atomic E-state index is 0.0271. The van der Waals surface area contributed by atoms with E-state index in [9.17, 15) is 9.59 Å². The van der Waals surface area contributed by atoms with Gasteiger partial charge in [0.15, 0.2) is 0 Å². The second-order valence-electron chi connectivity index (χ2n) is 7.16. The van der Waals surface area contributed by atoms with E-state index in [-0.39, 0.29) is 29.7 Å². The second-order valence-corrected chi connectivity index (χ2v) is 7.16. The SMILES string of the molecule is CC(N)C(C)C(=O)NCc1cccc(CN2CCCC(C(N)=O)C2)c1. The average Bonchev–Trinajstić information content (AvgIpc) is 2.59. The van der Waals surface area contributed by atoms with Gasteiger partial charge in [-0.25, -0.2) is 0 Å². The third kappa shape index (κ3) is 5.83. The number of nitrogens with zero attached hydrogens (tertiary/aromatic N) is 1. The fraction of sp³-hybridized carbons (Fsp3) is 0.579. The van der Waals surface area contributed by atoms with Crippen molar-refractivity contribution in [2.75, 3.05) is 13.1 Å². The van der Waals surface area contributed by atoms with Crippen LogP contribution in [0, 0.1) is 11.8 Å². The molecule has 5 N–H and O–H groups in total. The zero-order valence-electron chi connectivity index (χ0n) is 15.2. The number of carbonyl (C=O) groups excluding carboxylic acids is 2. The fourth-order valence-corrected chi connectivity index (χ4v) is 3.12. The number of primary amides is 1. The Morgan fingerprint density at radius 3 is 2.72 bits per heavy atom. The topological polar surface area (TPSA) is 101 Å². The molecule has 1 saturated heterocycles. The number of hydrogen-bond acceptors (Lipinski definition) is 4. The molecular formula is C19H30N4O2. The van der Waals surface area contributed by atoms with Crippen molar-refractivity contribution in [3.05, 3.63) is 35.4 Å². The van der Waals surface area contributed by atoms with E-state index >= 15 is 0 Å². The normalized spacial score (nSPS) is 20.7. The number of hydrogen-bond donors (Lipinski definition) is 3. The van der Waals surface area contributed by atoms with Crippen LogP contribution in [0.25, 0.3) is 0 Å². The Labute approximate surface area is 149 Å². The highest BCUT2D eigenvalue weighted by Gasteiger charge is 2.23. The number of piperidine rings is 1. The fourth-order valence-electron chi connectivity index (χ4n) is 3.12. The van der Waals surface area contributed by atoms with Gasteiger partial charge in [-0.05, 0) is 37.4 Å². The lowest BCUT2D eigenvalue weighted by molar-refractivity contribution is -0.125. The highest BCUT2D eigenvalue weighted by Crippen LogP contribution is 2.18. The van der Waals surface area contributed by atoms with Crippen LogP contribution in [0.5, 0.6) is 0 Å². The first kappa shape index (κ1) is 19.4. The molecule has 1 aromatic carbocycles. The number of carbonyl (C=O) groups is 2. The minimum Gasteiger partial charge on any atom is -0.369 e. The molecule has 0 bridgehead atoms. The molecule has 2 amide bonds. The molecule has 0 aliphatic carbocycles. The predicted octanol–water partition coefficient (Wildman–Crippen LogP) is 0.983. The van der Waals surface area contributed by atoms with Crippen LogP contribution in [0.15, 0.2) is 24.3 Å².